The van der Waals surface area contributed by atoms with Gasteiger partial charge in [-0.25, -0.2) is 0 Å². The highest BCUT2D eigenvalue weighted by atomic mass is 16.5. The summed E-state index contributed by atoms with van der Waals surface area (Å²) >= 11 is 0. The van der Waals surface area contributed by atoms with Crippen molar-refractivity contribution in [3.05, 3.63) is 18.2 Å². The number of nitrogens with zero attached hydrogens (tertiary/aromatic N) is 2. The van der Waals surface area contributed by atoms with Crippen LogP contribution in [-0.2, 0) is 4.79 Å². The lowest BCUT2D eigenvalue weighted by Crippen LogP contribution is -2.33. The second-order valence-corrected chi connectivity index (χ2v) is 4.77. The molecule has 1 heterocycles. The van der Waals surface area contributed by atoms with Gasteiger partial charge in [-0.05, 0) is 18.6 Å². The van der Waals surface area contributed by atoms with E-state index in [-0.39, 0.29) is 5.91 Å². The molecular formula is C14H21N3O2. The number of anilines is 2. The summed E-state index contributed by atoms with van der Waals surface area (Å²) in [6.45, 7) is 5.01. The minimum absolute atomic E-state index is 0.150. The average Bonchev–Trinajstić information content (AvgIpc) is 2.65. The molecule has 1 fully saturated rings. The van der Waals surface area contributed by atoms with Gasteiger partial charge in [-0.2, -0.15) is 0 Å². The quantitative estimate of drug-likeness (QED) is 0.818. The van der Waals surface area contributed by atoms with Crippen molar-refractivity contribution in [1.29, 1.82) is 0 Å². The van der Waals surface area contributed by atoms with Crippen LogP contribution in [0, 0.1) is 0 Å². The maximum atomic E-state index is 11.4. The van der Waals surface area contributed by atoms with Gasteiger partial charge in [0, 0.05) is 44.9 Å². The maximum Gasteiger partial charge on any atom is 0.219 e. The SMILES string of the molecule is COc1cc(N2CCCN(C(C)=O)CC2)ccc1N. The van der Waals surface area contributed by atoms with Crippen LogP contribution in [0.3, 0.4) is 0 Å². The summed E-state index contributed by atoms with van der Waals surface area (Å²) in [5, 5.41) is 0. The number of amides is 1. The van der Waals surface area contributed by atoms with E-state index in [1.165, 1.54) is 0 Å². The van der Waals surface area contributed by atoms with Gasteiger partial charge in [0.1, 0.15) is 5.75 Å². The average molecular weight is 263 g/mol. The first-order valence-corrected chi connectivity index (χ1v) is 6.56. The predicted molar refractivity (Wildman–Crippen MR) is 76.5 cm³/mol. The van der Waals surface area contributed by atoms with Gasteiger partial charge >= 0.3 is 0 Å². The van der Waals surface area contributed by atoms with E-state index >= 15 is 0 Å². The topological polar surface area (TPSA) is 58.8 Å². The number of hydrogen-bond acceptors (Lipinski definition) is 4. The molecule has 0 bridgehead atoms. The van der Waals surface area contributed by atoms with Crippen LogP contribution >= 0.6 is 0 Å². The zero-order valence-corrected chi connectivity index (χ0v) is 11.6. The van der Waals surface area contributed by atoms with Gasteiger partial charge in [-0.3, -0.25) is 4.79 Å². The van der Waals surface area contributed by atoms with Crippen molar-refractivity contribution >= 4 is 17.3 Å². The molecule has 0 aliphatic carbocycles. The zero-order valence-electron chi connectivity index (χ0n) is 11.6. The van der Waals surface area contributed by atoms with Crippen molar-refractivity contribution in [2.75, 3.05) is 43.9 Å². The molecular weight excluding hydrogens is 242 g/mol. The van der Waals surface area contributed by atoms with Crippen LogP contribution in [0.5, 0.6) is 5.75 Å². The first-order valence-electron chi connectivity index (χ1n) is 6.56. The summed E-state index contributed by atoms with van der Waals surface area (Å²) in [5.41, 5.74) is 7.56. The second-order valence-electron chi connectivity index (χ2n) is 4.77. The summed E-state index contributed by atoms with van der Waals surface area (Å²) in [6.07, 6.45) is 0.978. The van der Waals surface area contributed by atoms with Gasteiger partial charge in [-0.1, -0.05) is 0 Å². The highest BCUT2D eigenvalue weighted by Crippen LogP contribution is 2.27. The largest absolute Gasteiger partial charge is 0.495 e. The molecule has 0 saturated carbocycles. The molecule has 0 atom stereocenters. The Morgan fingerprint density at radius 3 is 2.74 bits per heavy atom. The monoisotopic (exact) mass is 263 g/mol. The van der Waals surface area contributed by atoms with Crippen molar-refractivity contribution in [1.82, 2.24) is 4.90 Å². The number of ether oxygens (including phenoxy) is 1. The first-order chi connectivity index (χ1) is 9.11. The summed E-state index contributed by atoms with van der Waals surface area (Å²) in [6, 6.07) is 5.82. The molecule has 1 amide bonds. The third-order valence-corrected chi connectivity index (χ3v) is 3.52. The van der Waals surface area contributed by atoms with Gasteiger partial charge in [0.2, 0.25) is 5.91 Å². The van der Waals surface area contributed by atoms with E-state index in [4.69, 9.17) is 10.5 Å². The molecule has 104 valence electrons. The van der Waals surface area contributed by atoms with Gasteiger partial charge in [0.15, 0.2) is 0 Å². The third kappa shape index (κ3) is 3.10. The third-order valence-electron chi connectivity index (χ3n) is 3.52. The van der Waals surface area contributed by atoms with Crippen LogP contribution in [0.4, 0.5) is 11.4 Å². The number of hydrogen-bond donors (Lipinski definition) is 1. The van der Waals surface area contributed by atoms with Crippen LogP contribution in [0.2, 0.25) is 0 Å². The molecule has 5 nitrogen and oxygen atoms in total. The lowest BCUT2D eigenvalue weighted by molar-refractivity contribution is -0.128. The van der Waals surface area contributed by atoms with E-state index in [0.29, 0.717) is 11.4 Å². The number of benzene rings is 1. The van der Waals surface area contributed by atoms with Crippen molar-refractivity contribution in [2.24, 2.45) is 0 Å². The fourth-order valence-electron chi connectivity index (χ4n) is 2.39. The van der Waals surface area contributed by atoms with Crippen molar-refractivity contribution in [3.63, 3.8) is 0 Å². The Labute approximate surface area is 113 Å². The Hall–Kier alpha value is -1.91. The van der Waals surface area contributed by atoms with Crippen molar-refractivity contribution < 1.29 is 9.53 Å². The Balaban J connectivity index is 2.12. The Kier molecular flexibility index (Phi) is 4.14. The molecule has 1 aliphatic heterocycles. The fraction of sp³-hybridized carbons (Fsp3) is 0.500. The number of methoxy groups -OCH3 is 1. The molecule has 1 aromatic rings. The van der Waals surface area contributed by atoms with E-state index in [9.17, 15) is 4.79 Å². The van der Waals surface area contributed by atoms with Crippen LogP contribution < -0.4 is 15.4 Å². The normalized spacial score (nSPS) is 16.1. The van der Waals surface area contributed by atoms with Crippen LogP contribution in [0.1, 0.15) is 13.3 Å². The molecule has 1 aromatic carbocycles. The van der Waals surface area contributed by atoms with Gasteiger partial charge in [0.05, 0.1) is 12.8 Å². The predicted octanol–water partition coefficient (Wildman–Crippen LogP) is 1.34. The number of carbonyl (C=O) groups is 1. The number of nitrogens with two attached hydrogens (primary N) is 1. The van der Waals surface area contributed by atoms with Gasteiger partial charge in [0.25, 0.3) is 0 Å². The standard InChI is InChI=1S/C14H21N3O2/c1-11(18)16-6-3-7-17(9-8-16)12-4-5-13(15)14(10-12)19-2/h4-5,10H,3,6-9,15H2,1-2H3. The minimum Gasteiger partial charge on any atom is -0.495 e. The lowest BCUT2D eigenvalue weighted by Gasteiger charge is -2.24. The number of nitrogen functional groups attached to an aromatic ring is 1. The smallest absolute Gasteiger partial charge is 0.219 e. The summed E-state index contributed by atoms with van der Waals surface area (Å²) in [7, 11) is 1.62. The van der Waals surface area contributed by atoms with Gasteiger partial charge in [-0.15, -0.1) is 0 Å². The summed E-state index contributed by atoms with van der Waals surface area (Å²) in [4.78, 5) is 15.6. The van der Waals surface area contributed by atoms with Crippen molar-refractivity contribution in [3.8, 4) is 5.75 Å². The highest BCUT2D eigenvalue weighted by Gasteiger charge is 2.17. The van der Waals surface area contributed by atoms with E-state index in [2.05, 4.69) is 4.90 Å². The molecule has 0 radical (unpaired) electrons. The molecule has 0 unspecified atom stereocenters. The van der Waals surface area contributed by atoms with Crippen LogP contribution in [0.25, 0.3) is 0 Å². The molecule has 2 N–H and O–H groups in total. The highest BCUT2D eigenvalue weighted by molar-refractivity contribution is 5.73. The van der Waals surface area contributed by atoms with E-state index in [1.54, 1.807) is 14.0 Å². The minimum atomic E-state index is 0.150. The molecule has 1 saturated heterocycles. The molecule has 1 aliphatic rings. The zero-order chi connectivity index (χ0) is 13.8. The molecule has 0 aromatic heterocycles. The van der Waals surface area contributed by atoms with E-state index in [0.717, 1.165) is 38.3 Å². The fourth-order valence-corrected chi connectivity index (χ4v) is 2.39. The Morgan fingerprint density at radius 1 is 1.26 bits per heavy atom. The number of carbonyl (C=O) groups excluding carboxylic acids is 1. The van der Waals surface area contributed by atoms with Crippen LogP contribution in [-0.4, -0.2) is 44.1 Å². The summed E-state index contributed by atoms with van der Waals surface area (Å²) in [5.74, 6) is 0.849. The molecule has 19 heavy (non-hydrogen) atoms. The maximum absolute atomic E-state index is 11.4. The van der Waals surface area contributed by atoms with Crippen molar-refractivity contribution in [2.45, 2.75) is 13.3 Å². The Morgan fingerprint density at radius 2 is 2.05 bits per heavy atom. The molecule has 2 rings (SSSR count). The molecule has 5 heteroatoms. The van der Waals surface area contributed by atoms with Gasteiger partial charge < -0.3 is 20.3 Å². The summed E-state index contributed by atoms with van der Waals surface area (Å²) < 4.78 is 5.25. The van der Waals surface area contributed by atoms with Crippen LogP contribution in [0.15, 0.2) is 18.2 Å². The van der Waals surface area contributed by atoms with E-state index in [1.807, 2.05) is 23.1 Å². The second kappa shape index (κ2) is 5.82. The Bertz CT molecular complexity index is 462. The first kappa shape index (κ1) is 13.5. The van der Waals surface area contributed by atoms with E-state index < -0.39 is 0 Å². The molecule has 0 spiro atoms. The lowest BCUT2D eigenvalue weighted by atomic mass is 10.2. The number of rotatable bonds is 2.